The topological polar surface area (TPSA) is 63.7 Å². The van der Waals surface area contributed by atoms with Crippen molar-refractivity contribution in [3.8, 4) is 23.2 Å². The largest absolute Gasteiger partial charge is 0.478 e. The molecule has 0 N–H and O–H groups in total. The average Bonchev–Trinajstić information content (AvgIpc) is 2.98. The molecule has 0 spiro atoms. The van der Waals surface area contributed by atoms with Crippen LogP contribution in [0.1, 0.15) is 25.2 Å². The third-order valence-electron chi connectivity index (χ3n) is 4.01. The Morgan fingerprint density at radius 3 is 2.63 bits per heavy atom. The van der Waals surface area contributed by atoms with Crippen LogP contribution in [0.3, 0.4) is 0 Å². The van der Waals surface area contributed by atoms with E-state index in [1.807, 2.05) is 13.8 Å². The fourth-order valence-electron chi connectivity index (χ4n) is 2.76. The Kier molecular flexibility index (Phi) is 5.22. The third-order valence-corrected chi connectivity index (χ3v) is 4.90. The highest BCUT2D eigenvalue weighted by Gasteiger charge is 2.31. The van der Waals surface area contributed by atoms with Gasteiger partial charge in [-0.2, -0.15) is 5.26 Å². The minimum atomic E-state index is -0.883. The lowest BCUT2D eigenvalue weighted by atomic mass is 10.1. The second kappa shape index (κ2) is 7.29. The maximum absolute atomic E-state index is 13.4. The van der Waals surface area contributed by atoms with E-state index >= 15 is 0 Å². The normalized spacial score (nSPS) is 11.3. The van der Waals surface area contributed by atoms with Crippen molar-refractivity contribution in [2.75, 3.05) is 0 Å². The van der Waals surface area contributed by atoms with E-state index in [4.69, 9.17) is 16.3 Å². The minimum Gasteiger partial charge on any atom is -0.478 e. The van der Waals surface area contributed by atoms with Crippen LogP contribution in [0.4, 0.5) is 4.39 Å². The first kappa shape index (κ1) is 19.3. The summed E-state index contributed by atoms with van der Waals surface area (Å²) < 4.78 is 21.8. The summed E-state index contributed by atoms with van der Waals surface area (Å²) in [5.74, 6) is 1.17. The van der Waals surface area contributed by atoms with Crippen molar-refractivity contribution in [1.82, 2.24) is 14.8 Å². The quantitative estimate of drug-likeness (QED) is 0.547. The SMILES string of the molecule is Cn1c(-c2ccc(F)cc2Br)nnc1C(C)(C)Oc1ccc(Cl)cc1C#N. The molecule has 5 nitrogen and oxygen atoms in total. The highest BCUT2D eigenvalue weighted by Crippen LogP contribution is 2.33. The summed E-state index contributed by atoms with van der Waals surface area (Å²) in [6.45, 7) is 3.66. The molecular weight excluding hydrogens is 435 g/mol. The van der Waals surface area contributed by atoms with Crippen molar-refractivity contribution >= 4 is 27.5 Å². The Morgan fingerprint density at radius 1 is 1.22 bits per heavy atom. The second-order valence-electron chi connectivity index (χ2n) is 6.40. The molecule has 138 valence electrons. The zero-order valence-corrected chi connectivity index (χ0v) is 17.1. The molecule has 2 aromatic carbocycles. The summed E-state index contributed by atoms with van der Waals surface area (Å²) in [4.78, 5) is 0. The third kappa shape index (κ3) is 3.82. The van der Waals surface area contributed by atoms with Crippen molar-refractivity contribution in [2.45, 2.75) is 19.4 Å². The lowest BCUT2D eigenvalue weighted by molar-refractivity contribution is 0.0946. The molecule has 0 saturated heterocycles. The van der Waals surface area contributed by atoms with E-state index in [0.29, 0.717) is 38.0 Å². The Morgan fingerprint density at radius 2 is 1.96 bits per heavy atom. The van der Waals surface area contributed by atoms with Gasteiger partial charge in [-0.05, 0) is 66.2 Å². The number of rotatable bonds is 4. The van der Waals surface area contributed by atoms with E-state index in [9.17, 15) is 9.65 Å². The lowest BCUT2D eigenvalue weighted by Crippen LogP contribution is -2.29. The van der Waals surface area contributed by atoms with Crippen LogP contribution in [0.15, 0.2) is 40.9 Å². The molecule has 0 aliphatic heterocycles. The molecule has 0 unspecified atom stereocenters. The molecule has 3 rings (SSSR count). The standard InChI is InChI=1S/C19H15BrClFN4O/c1-19(2,27-16-7-4-12(21)8-11(16)10-23)18-25-24-17(26(18)3)14-6-5-13(22)9-15(14)20/h4-9H,1-3H3. The van der Waals surface area contributed by atoms with Crippen LogP contribution in [0.25, 0.3) is 11.4 Å². The highest BCUT2D eigenvalue weighted by molar-refractivity contribution is 9.10. The summed E-state index contributed by atoms with van der Waals surface area (Å²) in [7, 11) is 1.80. The van der Waals surface area contributed by atoms with Crippen LogP contribution in [0.2, 0.25) is 5.02 Å². The zero-order chi connectivity index (χ0) is 19.8. The average molecular weight is 450 g/mol. The number of halogens is 3. The van der Waals surface area contributed by atoms with Crippen molar-refractivity contribution in [3.05, 3.63) is 63.1 Å². The molecule has 3 aromatic rings. The monoisotopic (exact) mass is 448 g/mol. The molecule has 8 heteroatoms. The summed E-state index contributed by atoms with van der Waals surface area (Å²) >= 11 is 9.30. The van der Waals surface area contributed by atoms with Crippen LogP contribution in [-0.2, 0) is 12.6 Å². The molecule has 1 heterocycles. The number of aromatic nitrogens is 3. The van der Waals surface area contributed by atoms with Gasteiger partial charge < -0.3 is 9.30 Å². The zero-order valence-electron chi connectivity index (χ0n) is 14.8. The van der Waals surface area contributed by atoms with Gasteiger partial charge in [0.2, 0.25) is 0 Å². The number of hydrogen-bond acceptors (Lipinski definition) is 4. The Hall–Kier alpha value is -2.43. The van der Waals surface area contributed by atoms with E-state index in [-0.39, 0.29) is 5.82 Å². The smallest absolute Gasteiger partial charge is 0.176 e. The minimum absolute atomic E-state index is 0.333. The molecule has 0 fully saturated rings. The highest BCUT2D eigenvalue weighted by atomic mass is 79.9. The Bertz CT molecular complexity index is 1060. The number of nitrogens with zero attached hydrogens (tertiary/aromatic N) is 4. The van der Waals surface area contributed by atoms with E-state index < -0.39 is 5.60 Å². The van der Waals surface area contributed by atoms with Gasteiger partial charge in [-0.25, -0.2) is 4.39 Å². The summed E-state index contributed by atoms with van der Waals surface area (Å²) in [6.07, 6.45) is 0. The predicted molar refractivity (Wildman–Crippen MR) is 104 cm³/mol. The van der Waals surface area contributed by atoms with Gasteiger partial charge in [0.1, 0.15) is 17.6 Å². The van der Waals surface area contributed by atoms with Crippen molar-refractivity contribution in [2.24, 2.45) is 7.05 Å². The first-order valence-corrected chi connectivity index (χ1v) is 9.14. The first-order chi connectivity index (χ1) is 12.7. The summed E-state index contributed by atoms with van der Waals surface area (Å²) in [5, 5.41) is 18.3. The van der Waals surface area contributed by atoms with Crippen LogP contribution >= 0.6 is 27.5 Å². The molecular formula is C19H15BrClFN4O. The summed E-state index contributed by atoms with van der Waals surface area (Å²) in [5.41, 5.74) is 0.156. The fraction of sp³-hybridized carbons (Fsp3) is 0.211. The number of hydrogen-bond donors (Lipinski definition) is 0. The van der Waals surface area contributed by atoms with E-state index in [0.717, 1.165) is 0 Å². The molecule has 0 bridgehead atoms. The maximum Gasteiger partial charge on any atom is 0.176 e. The van der Waals surface area contributed by atoms with Crippen LogP contribution < -0.4 is 4.74 Å². The molecule has 0 radical (unpaired) electrons. The van der Waals surface area contributed by atoms with Gasteiger partial charge >= 0.3 is 0 Å². The number of ether oxygens (including phenoxy) is 1. The molecule has 1 aromatic heterocycles. The Balaban J connectivity index is 1.99. The molecule has 0 aliphatic carbocycles. The van der Waals surface area contributed by atoms with Gasteiger partial charge in [0.25, 0.3) is 0 Å². The van der Waals surface area contributed by atoms with E-state index in [2.05, 4.69) is 32.2 Å². The van der Waals surface area contributed by atoms with E-state index in [1.54, 1.807) is 35.9 Å². The van der Waals surface area contributed by atoms with Crippen LogP contribution in [-0.4, -0.2) is 14.8 Å². The maximum atomic E-state index is 13.4. The van der Waals surface area contributed by atoms with Gasteiger partial charge in [0.15, 0.2) is 17.2 Å². The first-order valence-electron chi connectivity index (χ1n) is 7.97. The van der Waals surface area contributed by atoms with Crippen molar-refractivity contribution in [3.63, 3.8) is 0 Å². The fourth-order valence-corrected chi connectivity index (χ4v) is 3.46. The molecule has 27 heavy (non-hydrogen) atoms. The van der Waals surface area contributed by atoms with Gasteiger partial charge in [-0.1, -0.05) is 11.6 Å². The second-order valence-corrected chi connectivity index (χ2v) is 7.69. The van der Waals surface area contributed by atoms with E-state index in [1.165, 1.54) is 12.1 Å². The number of benzene rings is 2. The summed E-state index contributed by atoms with van der Waals surface area (Å²) in [6, 6.07) is 11.3. The molecule has 0 atom stereocenters. The van der Waals surface area contributed by atoms with Gasteiger partial charge in [-0.15, -0.1) is 10.2 Å². The molecule has 0 saturated carbocycles. The van der Waals surface area contributed by atoms with Gasteiger partial charge in [-0.3, -0.25) is 0 Å². The van der Waals surface area contributed by atoms with Gasteiger partial charge in [0.05, 0.1) is 5.56 Å². The predicted octanol–water partition coefficient (Wildman–Crippen LogP) is 5.22. The lowest BCUT2D eigenvalue weighted by Gasteiger charge is -2.26. The van der Waals surface area contributed by atoms with Crippen molar-refractivity contribution < 1.29 is 9.13 Å². The van der Waals surface area contributed by atoms with Gasteiger partial charge in [0, 0.05) is 22.1 Å². The van der Waals surface area contributed by atoms with Crippen LogP contribution in [0.5, 0.6) is 5.75 Å². The number of nitriles is 1. The molecule has 0 amide bonds. The van der Waals surface area contributed by atoms with Crippen LogP contribution in [0, 0.1) is 17.1 Å². The Labute approximate surface area is 169 Å². The van der Waals surface area contributed by atoms with Crippen molar-refractivity contribution in [1.29, 1.82) is 5.26 Å². The molecule has 0 aliphatic rings.